The van der Waals surface area contributed by atoms with E-state index in [1.807, 2.05) is 6.92 Å². The summed E-state index contributed by atoms with van der Waals surface area (Å²) in [6, 6.07) is 0. The standard InChI is InChI=1S/C10H19NO3/c1-5-7(2)8(12)9(13)11-6-10(3,4)14/h7,14H,5-6H2,1-4H3,(H,11,13). The normalized spacial score (nSPS) is 13.5. The highest BCUT2D eigenvalue weighted by atomic mass is 16.3. The Hall–Kier alpha value is -0.900. The highest BCUT2D eigenvalue weighted by Crippen LogP contribution is 2.03. The molecule has 0 saturated carbocycles. The molecule has 2 N–H and O–H groups in total. The molecule has 0 aliphatic rings. The first kappa shape index (κ1) is 13.1. The van der Waals surface area contributed by atoms with E-state index >= 15 is 0 Å². The van der Waals surface area contributed by atoms with Crippen LogP contribution in [0.3, 0.4) is 0 Å². The smallest absolute Gasteiger partial charge is 0.287 e. The Labute approximate surface area is 84.7 Å². The fourth-order valence-corrected chi connectivity index (χ4v) is 0.793. The predicted octanol–water partition coefficient (Wildman–Crippen LogP) is 0.489. The molecule has 1 atom stereocenters. The van der Waals surface area contributed by atoms with Crippen LogP contribution in [-0.2, 0) is 9.59 Å². The number of carbonyl (C=O) groups excluding carboxylic acids is 2. The van der Waals surface area contributed by atoms with E-state index in [4.69, 9.17) is 0 Å². The number of rotatable bonds is 5. The van der Waals surface area contributed by atoms with E-state index in [9.17, 15) is 14.7 Å². The van der Waals surface area contributed by atoms with Gasteiger partial charge in [0.15, 0.2) is 0 Å². The van der Waals surface area contributed by atoms with Gasteiger partial charge in [-0.25, -0.2) is 0 Å². The van der Waals surface area contributed by atoms with E-state index in [1.165, 1.54) is 0 Å². The van der Waals surface area contributed by atoms with Crippen molar-refractivity contribution in [3.8, 4) is 0 Å². The first-order valence-electron chi connectivity index (χ1n) is 4.82. The van der Waals surface area contributed by atoms with Gasteiger partial charge in [0.1, 0.15) is 0 Å². The first-order chi connectivity index (χ1) is 6.28. The molecule has 0 bridgehead atoms. The number of hydrogen-bond acceptors (Lipinski definition) is 3. The Bertz CT molecular complexity index is 218. The molecule has 4 heteroatoms. The van der Waals surface area contributed by atoms with Gasteiger partial charge < -0.3 is 10.4 Å². The van der Waals surface area contributed by atoms with Crippen LogP contribution in [0.15, 0.2) is 0 Å². The number of ketones is 1. The largest absolute Gasteiger partial charge is 0.389 e. The quantitative estimate of drug-likeness (QED) is 0.636. The lowest BCUT2D eigenvalue weighted by Crippen LogP contribution is -2.42. The SMILES string of the molecule is CCC(C)C(=O)C(=O)NCC(C)(C)O. The summed E-state index contributed by atoms with van der Waals surface area (Å²) in [6.45, 7) is 6.80. The van der Waals surface area contributed by atoms with Crippen LogP contribution < -0.4 is 5.32 Å². The summed E-state index contributed by atoms with van der Waals surface area (Å²) < 4.78 is 0. The second kappa shape index (κ2) is 5.10. The lowest BCUT2D eigenvalue weighted by Gasteiger charge is -2.17. The van der Waals surface area contributed by atoms with Gasteiger partial charge in [0.25, 0.3) is 5.91 Å². The maximum absolute atomic E-state index is 11.3. The van der Waals surface area contributed by atoms with Crippen LogP contribution in [0, 0.1) is 5.92 Å². The Balaban J connectivity index is 4.04. The Morgan fingerprint density at radius 1 is 1.43 bits per heavy atom. The highest BCUT2D eigenvalue weighted by molar-refractivity contribution is 6.36. The zero-order valence-corrected chi connectivity index (χ0v) is 9.26. The molecule has 0 aromatic rings. The van der Waals surface area contributed by atoms with Crippen molar-refractivity contribution in [1.82, 2.24) is 5.32 Å². The zero-order valence-electron chi connectivity index (χ0n) is 9.26. The van der Waals surface area contributed by atoms with E-state index in [-0.39, 0.29) is 12.5 Å². The summed E-state index contributed by atoms with van der Waals surface area (Å²) in [4.78, 5) is 22.5. The van der Waals surface area contributed by atoms with Crippen LogP contribution in [0.25, 0.3) is 0 Å². The number of carbonyl (C=O) groups is 2. The molecule has 0 aliphatic carbocycles. The van der Waals surface area contributed by atoms with Crippen molar-refractivity contribution >= 4 is 11.7 Å². The molecule has 0 fully saturated rings. The van der Waals surface area contributed by atoms with Crippen LogP contribution in [0.1, 0.15) is 34.1 Å². The van der Waals surface area contributed by atoms with Crippen molar-refractivity contribution in [1.29, 1.82) is 0 Å². The van der Waals surface area contributed by atoms with E-state index in [0.29, 0.717) is 6.42 Å². The third-order valence-electron chi connectivity index (χ3n) is 1.97. The summed E-state index contributed by atoms with van der Waals surface area (Å²) in [7, 11) is 0. The third-order valence-corrected chi connectivity index (χ3v) is 1.97. The minimum atomic E-state index is -0.981. The molecule has 0 heterocycles. The second-order valence-electron chi connectivity index (χ2n) is 4.17. The van der Waals surface area contributed by atoms with Crippen LogP contribution >= 0.6 is 0 Å². The van der Waals surface area contributed by atoms with Gasteiger partial charge in [-0.3, -0.25) is 9.59 Å². The lowest BCUT2D eigenvalue weighted by atomic mass is 10.0. The molecule has 82 valence electrons. The molecule has 0 rings (SSSR count). The first-order valence-corrected chi connectivity index (χ1v) is 4.82. The van der Waals surface area contributed by atoms with Crippen molar-refractivity contribution in [3.05, 3.63) is 0 Å². The molecule has 1 amide bonds. The molecule has 1 unspecified atom stereocenters. The van der Waals surface area contributed by atoms with Crippen molar-refractivity contribution in [2.45, 2.75) is 39.7 Å². The molecule has 0 aromatic carbocycles. The van der Waals surface area contributed by atoms with Gasteiger partial charge in [0.2, 0.25) is 5.78 Å². The van der Waals surface area contributed by atoms with E-state index < -0.39 is 17.3 Å². The summed E-state index contributed by atoms with van der Waals surface area (Å²) in [5.41, 5.74) is -0.981. The minimum Gasteiger partial charge on any atom is -0.389 e. The molecular weight excluding hydrogens is 182 g/mol. The van der Waals surface area contributed by atoms with Crippen molar-refractivity contribution < 1.29 is 14.7 Å². The Morgan fingerprint density at radius 2 is 1.93 bits per heavy atom. The fraction of sp³-hybridized carbons (Fsp3) is 0.800. The maximum atomic E-state index is 11.3. The number of amides is 1. The molecule has 0 aliphatic heterocycles. The summed E-state index contributed by atoms with van der Waals surface area (Å²) in [5.74, 6) is -1.28. The average molecular weight is 201 g/mol. The van der Waals surface area contributed by atoms with Gasteiger partial charge in [-0.2, -0.15) is 0 Å². The van der Waals surface area contributed by atoms with Crippen molar-refractivity contribution in [2.75, 3.05) is 6.54 Å². The van der Waals surface area contributed by atoms with Crippen molar-refractivity contribution in [2.24, 2.45) is 5.92 Å². The van der Waals surface area contributed by atoms with E-state index in [0.717, 1.165) is 0 Å². The van der Waals surface area contributed by atoms with Crippen LogP contribution in [0.5, 0.6) is 0 Å². The molecule has 14 heavy (non-hydrogen) atoms. The van der Waals surface area contributed by atoms with E-state index in [1.54, 1.807) is 20.8 Å². The molecule has 0 saturated heterocycles. The minimum absolute atomic E-state index is 0.0913. The number of nitrogens with one attached hydrogen (secondary N) is 1. The van der Waals surface area contributed by atoms with Crippen LogP contribution in [-0.4, -0.2) is 28.9 Å². The number of aliphatic hydroxyl groups is 1. The highest BCUT2D eigenvalue weighted by Gasteiger charge is 2.21. The van der Waals surface area contributed by atoms with E-state index in [2.05, 4.69) is 5.32 Å². The average Bonchev–Trinajstić information content (AvgIpc) is 2.10. The number of Topliss-reactive ketones (excluding diaryl/α,β-unsaturated/α-hetero) is 1. The third kappa shape index (κ3) is 4.97. The van der Waals surface area contributed by atoms with Gasteiger partial charge in [0, 0.05) is 12.5 Å². The van der Waals surface area contributed by atoms with Gasteiger partial charge in [-0.05, 0) is 20.3 Å². The summed E-state index contributed by atoms with van der Waals surface area (Å²) in [6.07, 6.45) is 0.648. The molecular formula is C10H19NO3. The van der Waals surface area contributed by atoms with Crippen molar-refractivity contribution in [3.63, 3.8) is 0 Å². The van der Waals surface area contributed by atoms with Gasteiger partial charge >= 0.3 is 0 Å². The fourth-order valence-electron chi connectivity index (χ4n) is 0.793. The van der Waals surface area contributed by atoms with Crippen LogP contribution in [0.2, 0.25) is 0 Å². The lowest BCUT2D eigenvalue weighted by molar-refractivity contribution is -0.140. The Kier molecular flexibility index (Phi) is 4.77. The topological polar surface area (TPSA) is 66.4 Å². The maximum Gasteiger partial charge on any atom is 0.287 e. The monoisotopic (exact) mass is 201 g/mol. The molecule has 0 aromatic heterocycles. The number of hydrogen-bond donors (Lipinski definition) is 2. The molecule has 0 spiro atoms. The van der Waals surface area contributed by atoms with Gasteiger partial charge in [-0.15, -0.1) is 0 Å². The second-order valence-corrected chi connectivity index (χ2v) is 4.17. The zero-order chi connectivity index (χ0) is 11.4. The van der Waals surface area contributed by atoms with Crippen LogP contribution in [0.4, 0.5) is 0 Å². The predicted molar refractivity (Wildman–Crippen MR) is 53.8 cm³/mol. The summed E-state index contributed by atoms with van der Waals surface area (Å²) >= 11 is 0. The van der Waals surface area contributed by atoms with Gasteiger partial charge in [0.05, 0.1) is 5.60 Å². The Morgan fingerprint density at radius 3 is 2.29 bits per heavy atom. The van der Waals surface area contributed by atoms with Gasteiger partial charge in [-0.1, -0.05) is 13.8 Å². The molecule has 4 nitrogen and oxygen atoms in total. The molecule has 0 radical (unpaired) electrons. The summed E-state index contributed by atoms with van der Waals surface area (Å²) in [5, 5.41) is 11.7.